The Morgan fingerprint density at radius 3 is 2.78 bits per heavy atom. The zero-order valence-electron chi connectivity index (χ0n) is 14.4. The van der Waals surface area contributed by atoms with Crippen LogP contribution in [-0.4, -0.2) is 67.8 Å². The van der Waals surface area contributed by atoms with Gasteiger partial charge in [-0.3, -0.25) is 4.79 Å². The van der Waals surface area contributed by atoms with Crippen LogP contribution < -0.4 is 5.32 Å². The van der Waals surface area contributed by atoms with Crippen molar-refractivity contribution in [2.24, 2.45) is 0 Å². The van der Waals surface area contributed by atoms with E-state index in [1.165, 1.54) is 11.1 Å². The highest BCUT2D eigenvalue weighted by molar-refractivity contribution is 7.99. The third-order valence-corrected chi connectivity index (χ3v) is 5.16. The van der Waals surface area contributed by atoms with E-state index in [2.05, 4.69) is 53.4 Å². The fourth-order valence-corrected chi connectivity index (χ4v) is 3.52. The van der Waals surface area contributed by atoms with Crippen LogP contribution in [0.2, 0.25) is 0 Å². The lowest BCUT2D eigenvalue weighted by Gasteiger charge is -2.32. The number of piperazine rings is 1. The Bertz CT molecular complexity index is 487. The maximum atomic E-state index is 11.8. The molecule has 1 aromatic carbocycles. The smallest absolute Gasteiger partial charge is 0.230 e. The summed E-state index contributed by atoms with van der Waals surface area (Å²) in [6.45, 7) is 8.58. The van der Waals surface area contributed by atoms with E-state index in [1.54, 1.807) is 11.8 Å². The van der Waals surface area contributed by atoms with Crippen LogP contribution in [0.1, 0.15) is 17.5 Å². The number of hydrogen-bond acceptors (Lipinski definition) is 4. The number of hydrogen-bond donors (Lipinski definition) is 1. The summed E-state index contributed by atoms with van der Waals surface area (Å²) in [6, 6.07) is 8.47. The molecule has 128 valence electrons. The molecule has 1 heterocycles. The van der Waals surface area contributed by atoms with Gasteiger partial charge in [0.25, 0.3) is 0 Å². The van der Waals surface area contributed by atoms with E-state index in [-0.39, 0.29) is 5.91 Å². The monoisotopic (exact) mass is 335 g/mol. The molecule has 0 aromatic heterocycles. The summed E-state index contributed by atoms with van der Waals surface area (Å²) in [5.41, 5.74) is 2.56. The zero-order chi connectivity index (χ0) is 16.5. The van der Waals surface area contributed by atoms with Crippen molar-refractivity contribution in [3.05, 3.63) is 35.4 Å². The number of nitrogens with zero attached hydrogens (tertiary/aromatic N) is 2. The second-order valence-corrected chi connectivity index (χ2v) is 7.32. The first kappa shape index (κ1) is 18.3. The lowest BCUT2D eigenvalue weighted by molar-refractivity contribution is -0.118. The van der Waals surface area contributed by atoms with Crippen molar-refractivity contribution in [1.29, 1.82) is 0 Å². The second-order valence-electron chi connectivity index (χ2n) is 6.33. The molecule has 0 aliphatic carbocycles. The predicted octanol–water partition coefficient (Wildman–Crippen LogP) is 1.98. The molecule has 1 aliphatic heterocycles. The maximum absolute atomic E-state index is 11.8. The minimum atomic E-state index is 0.154. The van der Waals surface area contributed by atoms with Crippen molar-refractivity contribution in [2.75, 3.05) is 52.1 Å². The van der Waals surface area contributed by atoms with Crippen LogP contribution in [0.15, 0.2) is 24.3 Å². The normalized spacial score (nSPS) is 16.4. The fraction of sp³-hybridized carbons (Fsp3) is 0.611. The molecule has 1 fully saturated rings. The molecule has 1 N–H and O–H groups in total. The number of benzene rings is 1. The van der Waals surface area contributed by atoms with Crippen molar-refractivity contribution < 1.29 is 4.79 Å². The summed E-state index contributed by atoms with van der Waals surface area (Å²) >= 11 is 1.68. The molecule has 4 nitrogen and oxygen atoms in total. The number of carbonyl (C=O) groups excluding carboxylic acids is 1. The number of aryl methyl sites for hydroxylation is 1. The van der Waals surface area contributed by atoms with E-state index in [4.69, 9.17) is 0 Å². The minimum absolute atomic E-state index is 0.154. The molecule has 5 heteroatoms. The van der Waals surface area contributed by atoms with Gasteiger partial charge in [-0.15, -0.1) is 11.8 Å². The number of carbonyl (C=O) groups is 1. The van der Waals surface area contributed by atoms with Gasteiger partial charge in [-0.2, -0.15) is 0 Å². The van der Waals surface area contributed by atoms with Crippen LogP contribution in [0, 0.1) is 6.92 Å². The lowest BCUT2D eigenvalue weighted by atomic mass is 10.2. The molecule has 0 atom stereocenters. The van der Waals surface area contributed by atoms with Crippen LogP contribution in [0.4, 0.5) is 0 Å². The molecule has 0 radical (unpaired) electrons. The van der Waals surface area contributed by atoms with Gasteiger partial charge in [-0.05, 0) is 32.5 Å². The Kier molecular flexibility index (Phi) is 7.92. The van der Waals surface area contributed by atoms with Crippen molar-refractivity contribution in [1.82, 2.24) is 15.1 Å². The van der Waals surface area contributed by atoms with Crippen LogP contribution in [0.3, 0.4) is 0 Å². The summed E-state index contributed by atoms with van der Waals surface area (Å²) in [6.07, 6.45) is 1.04. The van der Waals surface area contributed by atoms with E-state index in [0.29, 0.717) is 5.75 Å². The molecule has 1 saturated heterocycles. The van der Waals surface area contributed by atoms with Crippen molar-refractivity contribution in [3.8, 4) is 0 Å². The number of nitrogens with one attached hydrogen (secondary N) is 1. The van der Waals surface area contributed by atoms with Crippen LogP contribution >= 0.6 is 11.8 Å². The average molecular weight is 336 g/mol. The van der Waals surface area contributed by atoms with Crippen molar-refractivity contribution >= 4 is 17.7 Å². The first-order chi connectivity index (χ1) is 11.1. The first-order valence-corrected chi connectivity index (χ1v) is 9.60. The fourth-order valence-electron chi connectivity index (χ4n) is 2.72. The molecule has 0 saturated carbocycles. The van der Waals surface area contributed by atoms with E-state index in [9.17, 15) is 4.79 Å². The molecule has 2 rings (SSSR count). The number of rotatable bonds is 8. The molecule has 23 heavy (non-hydrogen) atoms. The highest BCUT2D eigenvalue weighted by Gasteiger charge is 2.12. The van der Waals surface area contributed by atoms with Gasteiger partial charge < -0.3 is 15.1 Å². The molecular formula is C18H29N3OS. The largest absolute Gasteiger partial charge is 0.355 e. The van der Waals surface area contributed by atoms with Crippen molar-refractivity contribution in [3.63, 3.8) is 0 Å². The third kappa shape index (κ3) is 7.38. The zero-order valence-corrected chi connectivity index (χ0v) is 15.2. The third-order valence-electron chi connectivity index (χ3n) is 4.15. The molecule has 0 bridgehead atoms. The van der Waals surface area contributed by atoms with Crippen LogP contribution in [0.25, 0.3) is 0 Å². The van der Waals surface area contributed by atoms with Gasteiger partial charge in [-0.1, -0.05) is 29.8 Å². The molecule has 1 aliphatic rings. The summed E-state index contributed by atoms with van der Waals surface area (Å²) in [7, 11) is 2.17. The predicted molar refractivity (Wildman–Crippen MR) is 98.9 cm³/mol. The molecule has 0 spiro atoms. The summed E-state index contributed by atoms with van der Waals surface area (Å²) in [4.78, 5) is 16.7. The Morgan fingerprint density at radius 1 is 1.26 bits per heavy atom. The summed E-state index contributed by atoms with van der Waals surface area (Å²) in [5, 5.41) is 3.03. The Hall–Kier alpha value is -1.04. The van der Waals surface area contributed by atoms with E-state index in [1.807, 2.05) is 0 Å². The van der Waals surface area contributed by atoms with E-state index >= 15 is 0 Å². The van der Waals surface area contributed by atoms with Crippen LogP contribution in [-0.2, 0) is 10.5 Å². The number of thioether (sulfide) groups is 1. The lowest BCUT2D eigenvalue weighted by Crippen LogP contribution is -2.45. The first-order valence-electron chi connectivity index (χ1n) is 8.44. The molecular weight excluding hydrogens is 306 g/mol. The number of likely N-dealkylation sites (N-methyl/N-ethyl adjacent to an activating group) is 1. The molecule has 0 unspecified atom stereocenters. The van der Waals surface area contributed by atoms with E-state index in [0.717, 1.165) is 51.4 Å². The number of amides is 1. The van der Waals surface area contributed by atoms with Gasteiger partial charge in [-0.25, -0.2) is 0 Å². The SMILES string of the molecule is Cc1cccc(CSCC(=O)NCCCN2CCN(C)CC2)c1. The van der Waals surface area contributed by atoms with Crippen LogP contribution in [0.5, 0.6) is 0 Å². The summed E-state index contributed by atoms with van der Waals surface area (Å²) < 4.78 is 0. The summed E-state index contributed by atoms with van der Waals surface area (Å²) in [5.74, 6) is 1.60. The second kappa shape index (κ2) is 9.96. The topological polar surface area (TPSA) is 35.6 Å². The van der Waals surface area contributed by atoms with Gasteiger partial charge >= 0.3 is 0 Å². The minimum Gasteiger partial charge on any atom is -0.355 e. The van der Waals surface area contributed by atoms with Crippen molar-refractivity contribution in [2.45, 2.75) is 19.1 Å². The van der Waals surface area contributed by atoms with Gasteiger partial charge in [0.2, 0.25) is 5.91 Å². The van der Waals surface area contributed by atoms with Gasteiger partial charge in [0.05, 0.1) is 5.75 Å². The quantitative estimate of drug-likeness (QED) is 0.737. The standard InChI is InChI=1S/C18H29N3OS/c1-16-5-3-6-17(13-16)14-23-15-18(22)19-7-4-8-21-11-9-20(2)10-12-21/h3,5-6,13H,4,7-12,14-15H2,1-2H3,(H,19,22). The highest BCUT2D eigenvalue weighted by atomic mass is 32.2. The van der Waals surface area contributed by atoms with E-state index < -0.39 is 0 Å². The maximum Gasteiger partial charge on any atom is 0.230 e. The van der Waals surface area contributed by atoms with Gasteiger partial charge in [0, 0.05) is 38.5 Å². The highest BCUT2D eigenvalue weighted by Crippen LogP contribution is 2.13. The Morgan fingerprint density at radius 2 is 2.04 bits per heavy atom. The van der Waals surface area contributed by atoms with Gasteiger partial charge in [0.15, 0.2) is 0 Å². The Balaban J connectivity index is 1.50. The Labute approximate surface area is 144 Å². The molecule has 1 amide bonds. The van der Waals surface area contributed by atoms with Gasteiger partial charge in [0.1, 0.15) is 0 Å². The average Bonchev–Trinajstić information content (AvgIpc) is 2.53. The molecule has 1 aromatic rings.